The van der Waals surface area contributed by atoms with E-state index in [1.165, 1.54) is 14.2 Å². The third-order valence-electron chi connectivity index (χ3n) is 3.01. The summed E-state index contributed by atoms with van der Waals surface area (Å²) in [5.41, 5.74) is 0.544. The third kappa shape index (κ3) is 6.09. The van der Waals surface area contributed by atoms with Gasteiger partial charge in [-0.05, 0) is 14.1 Å². The van der Waals surface area contributed by atoms with E-state index in [-0.39, 0.29) is 5.91 Å². The van der Waals surface area contributed by atoms with Crippen molar-refractivity contribution in [3.63, 3.8) is 0 Å². The molecule has 0 spiro atoms. The van der Waals surface area contributed by atoms with Gasteiger partial charge in [0.05, 0.1) is 24.9 Å². The number of methoxy groups -OCH3 is 2. The standard InChI is InChI=1S/C15H24ClN3O3/c1-19(2)8-7-17-6-5-15(20)18-12-10-13(21-3)11(16)9-14(12)22-4/h9-10,17H,5-8H2,1-4H3,(H,18,20). The van der Waals surface area contributed by atoms with Crippen LogP contribution in [-0.4, -0.2) is 58.8 Å². The molecule has 0 aliphatic heterocycles. The molecule has 0 heterocycles. The topological polar surface area (TPSA) is 62.8 Å². The second-order valence-electron chi connectivity index (χ2n) is 5.04. The SMILES string of the molecule is COc1cc(NC(=O)CCNCCN(C)C)c(OC)cc1Cl. The molecule has 0 saturated heterocycles. The fourth-order valence-corrected chi connectivity index (χ4v) is 2.03. The molecular weight excluding hydrogens is 306 g/mol. The van der Waals surface area contributed by atoms with Crippen molar-refractivity contribution in [3.05, 3.63) is 17.2 Å². The molecule has 0 bridgehead atoms. The zero-order valence-corrected chi connectivity index (χ0v) is 14.3. The molecule has 0 atom stereocenters. The van der Waals surface area contributed by atoms with E-state index < -0.39 is 0 Å². The molecule has 22 heavy (non-hydrogen) atoms. The molecule has 1 amide bonds. The highest BCUT2D eigenvalue weighted by atomic mass is 35.5. The number of anilines is 1. The monoisotopic (exact) mass is 329 g/mol. The number of amides is 1. The maximum absolute atomic E-state index is 12.0. The minimum Gasteiger partial charge on any atom is -0.495 e. The van der Waals surface area contributed by atoms with Crippen LogP contribution in [0.5, 0.6) is 11.5 Å². The van der Waals surface area contributed by atoms with E-state index in [9.17, 15) is 4.79 Å². The number of hydrogen-bond donors (Lipinski definition) is 2. The van der Waals surface area contributed by atoms with Crippen LogP contribution < -0.4 is 20.1 Å². The molecule has 2 N–H and O–H groups in total. The molecular formula is C15H24ClN3O3. The van der Waals surface area contributed by atoms with E-state index in [2.05, 4.69) is 15.5 Å². The molecule has 0 aliphatic carbocycles. The molecule has 1 rings (SSSR count). The average molecular weight is 330 g/mol. The smallest absolute Gasteiger partial charge is 0.225 e. The first kappa shape index (κ1) is 18.5. The number of ether oxygens (including phenoxy) is 2. The molecule has 0 saturated carbocycles. The van der Waals surface area contributed by atoms with Gasteiger partial charge in [0.25, 0.3) is 0 Å². The van der Waals surface area contributed by atoms with Gasteiger partial charge in [-0.15, -0.1) is 0 Å². The van der Waals surface area contributed by atoms with E-state index in [0.717, 1.165) is 13.1 Å². The highest BCUT2D eigenvalue weighted by Gasteiger charge is 2.12. The summed E-state index contributed by atoms with van der Waals surface area (Å²) < 4.78 is 10.4. The lowest BCUT2D eigenvalue weighted by atomic mass is 10.2. The summed E-state index contributed by atoms with van der Waals surface area (Å²) in [6.45, 7) is 2.40. The van der Waals surface area contributed by atoms with Gasteiger partial charge in [0.1, 0.15) is 11.5 Å². The first-order valence-corrected chi connectivity index (χ1v) is 7.42. The maximum Gasteiger partial charge on any atom is 0.225 e. The lowest BCUT2D eigenvalue weighted by Crippen LogP contribution is -2.29. The van der Waals surface area contributed by atoms with Crippen molar-refractivity contribution < 1.29 is 14.3 Å². The minimum absolute atomic E-state index is 0.0972. The number of carbonyl (C=O) groups is 1. The molecule has 1 aromatic rings. The molecule has 6 nitrogen and oxygen atoms in total. The van der Waals surface area contributed by atoms with Gasteiger partial charge in [0.15, 0.2) is 0 Å². The lowest BCUT2D eigenvalue weighted by molar-refractivity contribution is -0.116. The zero-order chi connectivity index (χ0) is 16.5. The van der Waals surface area contributed by atoms with Crippen LogP contribution in [0.2, 0.25) is 5.02 Å². The zero-order valence-electron chi connectivity index (χ0n) is 13.5. The second kappa shape index (κ2) is 9.50. The number of rotatable bonds is 9. The Kier molecular flexibility index (Phi) is 8.01. The summed E-state index contributed by atoms with van der Waals surface area (Å²) in [6.07, 6.45) is 0.377. The van der Waals surface area contributed by atoms with Crippen molar-refractivity contribution in [1.82, 2.24) is 10.2 Å². The van der Waals surface area contributed by atoms with Gasteiger partial charge in [0, 0.05) is 38.2 Å². The summed E-state index contributed by atoms with van der Waals surface area (Å²) in [7, 11) is 7.06. The highest BCUT2D eigenvalue weighted by Crippen LogP contribution is 2.35. The van der Waals surface area contributed by atoms with Crippen molar-refractivity contribution in [3.8, 4) is 11.5 Å². The Labute approximate surface area is 136 Å². The summed E-state index contributed by atoms with van der Waals surface area (Å²) >= 11 is 6.03. The number of hydrogen-bond acceptors (Lipinski definition) is 5. The predicted octanol–water partition coefficient (Wildman–Crippen LogP) is 1.84. The Morgan fingerprint density at radius 2 is 1.86 bits per heavy atom. The first-order chi connectivity index (χ1) is 10.5. The summed E-state index contributed by atoms with van der Waals surface area (Å²) in [5.74, 6) is 0.890. The van der Waals surface area contributed by atoms with Crippen molar-refractivity contribution in [2.75, 3.05) is 53.3 Å². The van der Waals surface area contributed by atoms with E-state index in [4.69, 9.17) is 21.1 Å². The number of carbonyl (C=O) groups excluding carboxylic acids is 1. The highest BCUT2D eigenvalue weighted by molar-refractivity contribution is 6.32. The Hall–Kier alpha value is -1.50. The Morgan fingerprint density at radius 3 is 2.45 bits per heavy atom. The van der Waals surface area contributed by atoms with Crippen LogP contribution in [0.3, 0.4) is 0 Å². The van der Waals surface area contributed by atoms with Crippen LogP contribution >= 0.6 is 11.6 Å². The van der Waals surface area contributed by atoms with Crippen LogP contribution in [0.4, 0.5) is 5.69 Å². The number of nitrogens with zero attached hydrogens (tertiary/aromatic N) is 1. The number of benzene rings is 1. The maximum atomic E-state index is 12.0. The van der Waals surface area contributed by atoms with Crippen LogP contribution in [0.1, 0.15) is 6.42 Å². The Balaban J connectivity index is 2.53. The third-order valence-corrected chi connectivity index (χ3v) is 3.31. The van der Waals surface area contributed by atoms with Gasteiger partial charge in [-0.2, -0.15) is 0 Å². The normalized spacial score (nSPS) is 10.6. The molecule has 0 fully saturated rings. The predicted molar refractivity (Wildman–Crippen MR) is 89.2 cm³/mol. The van der Waals surface area contributed by atoms with E-state index >= 15 is 0 Å². The van der Waals surface area contributed by atoms with Gasteiger partial charge in [0.2, 0.25) is 5.91 Å². The molecule has 7 heteroatoms. The van der Waals surface area contributed by atoms with Crippen molar-refractivity contribution in [2.45, 2.75) is 6.42 Å². The van der Waals surface area contributed by atoms with Gasteiger partial charge in [-0.25, -0.2) is 0 Å². The van der Waals surface area contributed by atoms with Gasteiger partial charge in [-0.1, -0.05) is 11.6 Å². The average Bonchev–Trinajstić information content (AvgIpc) is 2.47. The molecule has 1 aromatic carbocycles. The van der Waals surface area contributed by atoms with Crippen molar-refractivity contribution in [2.24, 2.45) is 0 Å². The largest absolute Gasteiger partial charge is 0.495 e. The quantitative estimate of drug-likeness (QED) is 0.677. The number of halogens is 1. The molecule has 0 aromatic heterocycles. The molecule has 124 valence electrons. The molecule has 0 aliphatic rings. The second-order valence-corrected chi connectivity index (χ2v) is 5.45. The summed E-state index contributed by atoms with van der Waals surface area (Å²) in [5, 5.41) is 6.46. The van der Waals surface area contributed by atoms with Crippen LogP contribution in [0.15, 0.2) is 12.1 Å². The minimum atomic E-state index is -0.0972. The van der Waals surface area contributed by atoms with Gasteiger partial charge >= 0.3 is 0 Å². The van der Waals surface area contributed by atoms with E-state index in [1.54, 1.807) is 12.1 Å². The van der Waals surface area contributed by atoms with E-state index in [1.807, 2.05) is 14.1 Å². The summed E-state index contributed by atoms with van der Waals surface area (Å²) in [6, 6.07) is 3.27. The number of nitrogens with one attached hydrogen (secondary N) is 2. The fourth-order valence-electron chi connectivity index (χ4n) is 1.80. The Morgan fingerprint density at radius 1 is 1.18 bits per heavy atom. The molecule has 0 radical (unpaired) electrons. The van der Waals surface area contributed by atoms with Crippen molar-refractivity contribution in [1.29, 1.82) is 0 Å². The van der Waals surface area contributed by atoms with Gasteiger partial charge in [-0.3, -0.25) is 4.79 Å². The van der Waals surface area contributed by atoms with Gasteiger partial charge < -0.3 is 25.0 Å². The van der Waals surface area contributed by atoms with Crippen LogP contribution in [0.25, 0.3) is 0 Å². The summed E-state index contributed by atoms with van der Waals surface area (Å²) in [4.78, 5) is 14.1. The van der Waals surface area contributed by atoms with Crippen LogP contribution in [0, 0.1) is 0 Å². The fraction of sp³-hybridized carbons (Fsp3) is 0.533. The van der Waals surface area contributed by atoms with Crippen molar-refractivity contribution >= 4 is 23.2 Å². The van der Waals surface area contributed by atoms with E-state index in [0.29, 0.717) is 35.2 Å². The molecule has 0 unspecified atom stereocenters. The lowest BCUT2D eigenvalue weighted by Gasteiger charge is -2.13. The number of likely N-dealkylation sites (N-methyl/N-ethyl adjacent to an activating group) is 1. The Bertz CT molecular complexity index is 495. The van der Waals surface area contributed by atoms with Crippen LogP contribution in [-0.2, 0) is 4.79 Å². The first-order valence-electron chi connectivity index (χ1n) is 7.04.